The number of hydrogen-bond donors (Lipinski definition) is 0. The lowest BCUT2D eigenvalue weighted by Gasteiger charge is -2.32. The second kappa shape index (κ2) is 7.42. The molecular weight excluding hydrogens is 406 g/mol. The quantitative estimate of drug-likeness (QED) is 0.487. The van der Waals surface area contributed by atoms with Crippen molar-refractivity contribution in [3.05, 3.63) is 47.1 Å². The van der Waals surface area contributed by atoms with Crippen molar-refractivity contribution in [2.24, 2.45) is 5.92 Å². The predicted molar refractivity (Wildman–Crippen MR) is 116 cm³/mol. The fourth-order valence-corrected chi connectivity index (χ4v) is 4.99. The first-order chi connectivity index (χ1) is 14.0. The minimum absolute atomic E-state index is 0.546. The molecule has 0 amide bonds. The number of nitrogens with zero attached hydrogens (tertiary/aromatic N) is 7. The number of aromatic nitrogens is 6. The normalized spacial score (nSPS) is 17.3. The van der Waals surface area contributed by atoms with Crippen LogP contribution in [0.4, 0.5) is 5.13 Å². The van der Waals surface area contributed by atoms with Crippen molar-refractivity contribution < 1.29 is 0 Å². The van der Waals surface area contributed by atoms with Gasteiger partial charge >= 0.3 is 0 Å². The van der Waals surface area contributed by atoms with Gasteiger partial charge in [0.05, 0.1) is 11.9 Å². The minimum Gasteiger partial charge on any atom is -0.346 e. The highest BCUT2D eigenvalue weighted by Gasteiger charge is 2.24. The van der Waals surface area contributed by atoms with Gasteiger partial charge in [-0.3, -0.25) is 0 Å². The lowest BCUT2D eigenvalue weighted by molar-refractivity contribution is 0.347. The molecule has 1 aliphatic rings. The lowest BCUT2D eigenvalue weighted by atomic mass is 9.98. The fraction of sp³-hybridized carbons (Fsp3) is 0.400. The molecule has 3 aromatic heterocycles. The SMILES string of the molecule is Cc1nc(C)n(CC2CCCN(c3nn4cc(-c5ccc(Cl)cc5)nc4s3)C2)n1. The predicted octanol–water partition coefficient (Wildman–Crippen LogP) is 4.24. The summed E-state index contributed by atoms with van der Waals surface area (Å²) in [5.41, 5.74) is 1.96. The summed E-state index contributed by atoms with van der Waals surface area (Å²) in [7, 11) is 0. The van der Waals surface area contributed by atoms with Crippen LogP contribution >= 0.6 is 22.9 Å². The molecule has 0 N–H and O–H groups in total. The maximum atomic E-state index is 5.99. The zero-order valence-corrected chi connectivity index (χ0v) is 18.0. The summed E-state index contributed by atoms with van der Waals surface area (Å²) in [6, 6.07) is 7.74. The van der Waals surface area contributed by atoms with Crippen molar-refractivity contribution >= 4 is 33.0 Å². The molecule has 150 valence electrons. The van der Waals surface area contributed by atoms with Crippen molar-refractivity contribution in [3.8, 4) is 11.3 Å². The molecule has 29 heavy (non-hydrogen) atoms. The Kier molecular flexibility index (Phi) is 4.75. The number of hydrogen-bond acceptors (Lipinski definition) is 6. The van der Waals surface area contributed by atoms with Crippen molar-refractivity contribution in [2.75, 3.05) is 18.0 Å². The molecule has 4 heterocycles. The molecule has 1 unspecified atom stereocenters. The van der Waals surface area contributed by atoms with E-state index in [1.165, 1.54) is 6.42 Å². The molecule has 1 aromatic carbocycles. The summed E-state index contributed by atoms with van der Waals surface area (Å²) in [6.45, 7) is 6.90. The van der Waals surface area contributed by atoms with Crippen molar-refractivity contribution in [1.29, 1.82) is 0 Å². The summed E-state index contributed by atoms with van der Waals surface area (Å²) < 4.78 is 3.93. The van der Waals surface area contributed by atoms with Crippen molar-refractivity contribution in [3.63, 3.8) is 0 Å². The van der Waals surface area contributed by atoms with Crippen LogP contribution in [0.1, 0.15) is 24.5 Å². The standard InChI is InChI=1S/C20H22ClN7S/c1-13-22-14(2)27(24-13)11-15-4-3-9-26(10-15)20-25-28-12-18(23-19(28)29-20)16-5-7-17(21)8-6-16/h5-8,12,15H,3-4,9-11H2,1-2H3. The number of imidazole rings is 1. The summed E-state index contributed by atoms with van der Waals surface area (Å²) in [6.07, 6.45) is 4.36. The molecule has 1 atom stereocenters. The third-order valence-electron chi connectivity index (χ3n) is 5.36. The van der Waals surface area contributed by atoms with E-state index in [4.69, 9.17) is 21.7 Å². The van der Waals surface area contributed by atoms with E-state index in [-0.39, 0.29) is 0 Å². The van der Waals surface area contributed by atoms with Gasteiger partial charge in [0.25, 0.3) is 0 Å². The zero-order valence-electron chi connectivity index (χ0n) is 16.4. The number of piperidine rings is 1. The Hall–Kier alpha value is -2.45. The van der Waals surface area contributed by atoms with Gasteiger partial charge in [0.15, 0.2) is 0 Å². The van der Waals surface area contributed by atoms with Crippen molar-refractivity contribution in [1.82, 2.24) is 29.4 Å². The van der Waals surface area contributed by atoms with Gasteiger partial charge in [-0.2, -0.15) is 5.10 Å². The third kappa shape index (κ3) is 3.74. The van der Waals surface area contributed by atoms with Gasteiger partial charge in [-0.05, 0) is 44.7 Å². The summed E-state index contributed by atoms with van der Waals surface area (Å²) in [4.78, 5) is 12.5. The topological polar surface area (TPSA) is 64.1 Å². The molecule has 7 nitrogen and oxygen atoms in total. The Morgan fingerprint density at radius 1 is 1.14 bits per heavy atom. The highest BCUT2D eigenvalue weighted by atomic mass is 35.5. The fourth-order valence-electron chi connectivity index (χ4n) is 3.94. The average molecular weight is 428 g/mol. The maximum Gasteiger partial charge on any atom is 0.214 e. The van der Waals surface area contributed by atoms with Crippen LogP contribution in [0.25, 0.3) is 16.2 Å². The van der Waals surface area contributed by atoms with E-state index in [2.05, 4.69) is 15.0 Å². The van der Waals surface area contributed by atoms with Gasteiger partial charge in [-0.1, -0.05) is 35.1 Å². The molecule has 0 bridgehead atoms. The van der Waals surface area contributed by atoms with Gasteiger partial charge in [0.2, 0.25) is 10.1 Å². The number of aryl methyl sites for hydroxylation is 2. The molecule has 0 radical (unpaired) electrons. The summed E-state index contributed by atoms with van der Waals surface area (Å²) in [5.74, 6) is 2.37. The van der Waals surface area contributed by atoms with Crippen LogP contribution in [0, 0.1) is 19.8 Å². The molecule has 9 heteroatoms. The van der Waals surface area contributed by atoms with Crippen LogP contribution in [0.3, 0.4) is 0 Å². The number of halogens is 1. The molecule has 0 saturated carbocycles. The third-order valence-corrected chi connectivity index (χ3v) is 6.59. The van der Waals surface area contributed by atoms with Gasteiger partial charge < -0.3 is 4.90 Å². The molecule has 0 aliphatic carbocycles. The summed E-state index contributed by atoms with van der Waals surface area (Å²) >= 11 is 7.63. The summed E-state index contributed by atoms with van der Waals surface area (Å²) in [5, 5.41) is 11.1. The largest absolute Gasteiger partial charge is 0.346 e. The molecule has 4 aromatic rings. The molecular formula is C20H22ClN7S. The zero-order chi connectivity index (χ0) is 20.0. The number of rotatable bonds is 4. The van der Waals surface area contributed by atoms with Crippen LogP contribution in [0.2, 0.25) is 5.02 Å². The van der Waals surface area contributed by atoms with E-state index in [1.807, 2.05) is 53.5 Å². The van der Waals surface area contributed by atoms with E-state index in [1.54, 1.807) is 11.3 Å². The van der Waals surface area contributed by atoms with E-state index in [9.17, 15) is 0 Å². The first-order valence-electron chi connectivity index (χ1n) is 9.80. The van der Waals surface area contributed by atoms with Crippen LogP contribution in [0.5, 0.6) is 0 Å². The molecule has 1 fully saturated rings. The first-order valence-corrected chi connectivity index (χ1v) is 11.0. The van der Waals surface area contributed by atoms with Gasteiger partial charge in [0, 0.05) is 30.2 Å². The Balaban J connectivity index is 1.32. The van der Waals surface area contributed by atoms with Crippen LogP contribution in [0.15, 0.2) is 30.5 Å². The smallest absolute Gasteiger partial charge is 0.214 e. The van der Waals surface area contributed by atoms with Crippen LogP contribution < -0.4 is 4.90 Å². The van der Waals surface area contributed by atoms with Crippen LogP contribution in [-0.2, 0) is 6.54 Å². The van der Waals surface area contributed by atoms with Crippen LogP contribution in [-0.4, -0.2) is 42.5 Å². The maximum absolute atomic E-state index is 5.99. The lowest BCUT2D eigenvalue weighted by Crippen LogP contribution is -2.37. The number of anilines is 1. The number of benzene rings is 1. The minimum atomic E-state index is 0.546. The van der Waals surface area contributed by atoms with E-state index in [0.717, 1.165) is 64.1 Å². The van der Waals surface area contributed by atoms with Crippen molar-refractivity contribution in [2.45, 2.75) is 33.2 Å². The Morgan fingerprint density at radius 3 is 2.69 bits per heavy atom. The highest BCUT2D eigenvalue weighted by Crippen LogP contribution is 2.30. The Labute approximate surface area is 178 Å². The molecule has 1 saturated heterocycles. The van der Waals surface area contributed by atoms with E-state index >= 15 is 0 Å². The first kappa shape index (κ1) is 18.6. The second-order valence-electron chi connectivity index (χ2n) is 7.59. The number of fused-ring (bicyclic) bond motifs is 1. The van der Waals surface area contributed by atoms with Gasteiger partial charge in [-0.15, -0.1) is 5.10 Å². The van der Waals surface area contributed by atoms with Gasteiger partial charge in [0.1, 0.15) is 11.6 Å². The Morgan fingerprint density at radius 2 is 1.97 bits per heavy atom. The average Bonchev–Trinajstić information content (AvgIpc) is 3.36. The molecule has 0 spiro atoms. The van der Waals surface area contributed by atoms with Gasteiger partial charge in [-0.25, -0.2) is 19.2 Å². The second-order valence-corrected chi connectivity index (χ2v) is 8.96. The molecule has 1 aliphatic heterocycles. The van der Waals surface area contributed by atoms with E-state index < -0.39 is 0 Å². The molecule has 5 rings (SSSR count). The Bertz CT molecular complexity index is 1110. The van der Waals surface area contributed by atoms with E-state index in [0.29, 0.717) is 5.92 Å². The monoisotopic (exact) mass is 427 g/mol. The highest BCUT2D eigenvalue weighted by molar-refractivity contribution is 7.20.